The van der Waals surface area contributed by atoms with Crippen molar-refractivity contribution < 1.29 is 14.3 Å². The van der Waals surface area contributed by atoms with E-state index in [4.69, 9.17) is 9.47 Å². The fraction of sp³-hybridized carbons (Fsp3) is 0.208. The Morgan fingerprint density at radius 3 is 2.77 bits per heavy atom. The number of hydrogen-bond donors (Lipinski definition) is 3. The van der Waals surface area contributed by atoms with Gasteiger partial charge in [0.25, 0.3) is 5.91 Å². The van der Waals surface area contributed by atoms with Crippen LogP contribution in [0, 0.1) is 0 Å². The van der Waals surface area contributed by atoms with Crippen LogP contribution in [-0.4, -0.2) is 44.8 Å². The summed E-state index contributed by atoms with van der Waals surface area (Å²) in [5, 5.41) is 13.7. The van der Waals surface area contributed by atoms with Crippen molar-refractivity contribution in [3.05, 3.63) is 65.7 Å². The van der Waals surface area contributed by atoms with Crippen LogP contribution in [0.5, 0.6) is 5.75 Å². The number of benzene rings is 1. The van der Waals surface area contributed by atoms with Gasteiger partial charge < -0.3 is 25.4 Å². The van der Waals surface area contributed by atoms with Crippen molar-refractivity contribution in [3.63, 3.8) is 0 Å². The molecule has 1 aliphatic heterocycles. The Kier molecular flexibility index (Phi) is 5.98. The molecule has 0 fully saturated rings. The molecule has 0 spiro atoms. The summed E-state index contributed by atoms with van der Waals surface area (Å²) in [4.78, 5) is 26.0. The van der Waals surface area contributed by atoms with Crippen LogP contribution in [0.3, 0.4) is 0 Å². The number of rotatable bonds is 3. The van der Waals surface area contributed by atoms with Gasteiger partial charge in [-0.05, 0) is 29.8 Å². The number of methoxy groups -OCH3 is 1. The van der Waals surface area contributed by atoms with E-state index in [1.807, 2.05) is 30.3 Å². The zero-order chi connectivity index (χ0) is 24.4. The summed E-state index contributed by atoms with van der Waals surface area (Å²) in [5.74, 6) is 1.90. The Hall–Kier alpha value is -4.51. The maximum Gasteiger partial charge on any atom is 0.254 e. The van der Waals surface area contributed by atoms with Gasteiger partial charge in [-0.3, -0.25) is 9.48 Å². The second-order valence-electron chi connectivity index (χ2n) is 7.92. The summed E-state index contributed by atoms with van der Waals surface area (Å²) in [6.07, 6.45) is 3.14. The molecule has 0 saturated heterocycles. The van der Waals surface area contributed by atoms with Crippen molar-refractivity contribution in [1.29, 1.82) is 0 Å². The Morgan fingerprint density at radius 2 is 2.00 bits per heavy atom. The summed E-state index contributed by atoms with van der Waals surface area (Å²) in [6.45, 7) is 0.650. The maximum atomic E-state index is 12.6. The lowest BCUT2D eigenvalue weighted by atomic mass is 10.1. The minimum Gasteiger partial charge on any atom is -0.494 e. The monoisotopic (exact) mass is 472 g/mol. The molecule has 1 amide bonds. The smallest absolute Gasteiger partial charge is 0.254 e. The molecule has 0 aliphatic carbocycles. The van der Waals surface area contributed by atoms with E-state index >= 15 is 0 Å². The lowest BCUT2D eigenvalue weighted by Crippen LogP contribution is -2.20. The first-order valence-electron chi connectivity index (χ1n) is 10.9. The molecule has 5 rings (SSSR count). The number of amides is 1. The Labute approximate surface area is 201 Å². The van der Waals surface area contributed by atoms with E-state index in [1.54, 1.807) is 38.3 Å². The summed E-state index contributed by atoms with van der Waals surface area (Å²) in [7, 11) is 4.96. The number of hydrogen-bond acceptors (Lipinski definition) is 9. The molecule has 0 saturated carbocycles. The number of carbonyl (C=O) groups is 1. The summed E-state index contributed by atoms with van der Waals surface area (Å²) in [6, 6.07) is 11.2. The molecule has 11 nitrogen and oxygen atoms in total. The number of nitrogens with zero attached hydrogens (tertiary/aromatic N) is 5. The van der Waals surface area contributed by atoms with E-state index in [9.17, 15) is 4.79 Å². The third-order valence-electron chi connectivity index (χ3n) is 5.42. The molecule has 4 heterocycles. The SMILES string of the molecule is CNC(=O)c1cnc2cc1Nc1cc(cc(-c3ncn(C)n3)c1OC)COCc1cccc(n1)N2. The zero-order valence-corrected chi connectivity index (χ0v) is 19.5. The maximum absolute atomic E-state index is 12.6. The van der Waals surface area contributed by atoms with Crippen LogP contribution in [0.4, 0.5) is 23.0 Å². The van der Waals surface area contributed by atoms with Gasteiger partial charge in [0.15, 0.2) is 11.6 Å². The van der Waals surface area contributed by atoms with E-state index in [1.165, 1.54) is 6.20 Å². The Bertz CT molecular complexity index is 1400. The first-order chi connectivity index (χ1) is 17.0. The van der Waals surface area contributed by atoms with Crippen LogP contribution in [-0.2, 0) is 25.0 Å². The summed E-state index contributed by atoms with van der Waals surface area (Å²) in [5.41, 5.74) is 3.87. The van der Waals surface area contributed by atoms with Crippen LogP contribution in [0.25, 0.3) is 11.4 Å². The van der Waals surface area contributed by atoms with E-state index in [-0.39, 0.29) is 5.91 Å². The highest BCUT2D eigenvalue weighted by molar-refractivity contribution is 6.00. The number of pyridine rings is 2. The minimum atomic E-state index is -0.280. The molecular weight excluding hydrogens is 448 g/mol. The van der Waals surface area contributed by atoms with Crippen LogP contribution in [0.2, 0.25) is 0 Å². The van der Waals surface area contributed by atoms with Gasteiger partial charge >= 0.3 is 0 Å². The molecule has 35 heavy (non-hydrogen) atoms. The van der Waals surface area contributed by atoms with Crippen molar-refractivity contribution in [1.82, 2.24) is 30.0 Å². The highest BCUT2D eigenvalue weighted by Crippen LogP contribution is 2.39. The molecule has 11 heteroatoms. The highest BCUT2D eigenvalue weighted by Gasteiger charge is 2.20. The van der Waals surface area contributed by atoms with Gasteiger partial charge in [-0.15, -0.1) is 0 Å². The molecule has 6 bridgehead atoms. The van der Waals surface area contributed by atoms with Gasteiger partial charge in [0, 0.05) is 26.4 Å². The van der Waals surface area contributed by atoms with Crippen LogP contribution < -0.4 is 20.7 Å². The predicted octanol–water partition coefficient (Wildman–Crippen LogP) is 3.16. The first kappa shape index (κ1) is 22.3. The number of fused-ring (bicyclic) bond motifs is 6. The van der Waals surface area contributed by atoms with Crippen LogP contribution in [0.15, 0.2) is 48.9 Å². The highest BCUT2D eigenvalue weighted by atomic mass is 16.5. The predicted molar refractivity (Wildman–Crippen MR) is 130 cm³/mol. The van der Waals surface area contributed by atoms with E-state index in [2.05, 4.69) is 36.0 Å². The number of aryl methyl sites for hydroxylation is 1. The largest absolute Gasteiger partial charge is 0.494 e. The fourth-order valence-corrected chi connectivity index (χ4v) is 3.84. The lowest BCUT2D eigenvalue weighted by Gasteiger charge is -2.19. The number of aromatic nitrogens is 5. The average molecular weight is 473 g/mol. The summed E-state index contributed by atoms with van der Waals surface area (Å²) >= 11 is 0. The summed E-state index contributed by atoms with van der Waals surface area (Å²) < 4.78 is 13.4. The quantitative estimate of drug-likeness (QED) is 0.412. The molecule has 3 N–H and O–H groups in total. The topological polar surface area (TPSA) is 128 Å². The molecule has 1 aromatic carbocycles. The van der Waals surface area contributed by atoms with Crippen molar-refractivity contribution in [2.24, 2.45) is 7.05 Å². The van der Waals surface area contributed by atoms with Gasteiger partial charge in [-0.2, -0.15) is 5.10 Å². The Morgan fingerprint density at radius 1 is 1.11 bits per heavy atom. The molecule has 0 radical (unpaired) electrons. The molecule has 1 aliphatic rings. The van der Waals surface area contributed by atoms with Gasteiger partial charge in [-0.25, -0.2) is 15.0 Å². The van der Waals surface area contributed by atoms with Crippen molar-refractivity contribution in [2.45, 2.75) is 13.2 Å². The van der Waals surface area contributed by atoms with E-state index in [0.717, 1.165) is 11.3 Å². The standard InChI is InChI=1S/C24H24N8O3/c1-25-24(33)17-10-26-21-9-18(17)29-19-8-14(11-35-12-15-5-4-6-20(28-15)30-21)7-16(22(19)34-3)23-27-13-32(2)31-23/h4-10,13,29H,11-12H2,1-3H3,(H,25,33)(H,26,28,30). The van der Waals surface area contributed by atoms with Crippen LogP contribution in [0.1, 0.15) is 21.6 Å². The van der Waals surface area contributed by atoms with Crippen molar-refractivity contribution in [3.8, 4) is 17.1 Å². The Balaban J connectivity index is 1.69. The average Bonchev–Trinajstić information content (AvgIpc) is 3.29. The van der Waals surface area contributed by atoms with Gasteiger partial charge in [-0.1, -0.05) is 6.07 Å². The number of ether oxygens (including phenoxy) is 2. The second-order valence-corrected chi connectivity index (χ2v) is 7.92. The molecule has 178 valence electrons. The van der Waals surface area contributed by atoms with E-state index in [0.29, 0.717) is 58.9 Å². The van der Waals surface area contributed by atoms with Gasteiger partial charge in [0.05, 0.1) is 48.5 Å². The minimum absolute atomic E-state index is 0.280. The number of anilines is 4. The molecule has 4 aromatic rings. The van der Waals surface area contributed by atoms with Gasteiger partial charge in [0.1, 0.15) is 18.0 Å². The lowest BCUT2D eigenvalue weighted by molar-refractivity contribution is 0.0963. The second kappa shape index (κ2) is 9.39. The van der Waals surface area contributed by atoms with Crippen molar-refractivity contribution in [2.75, 3.05) is 24.8 Å². The molecule has 0 atom stereocenters. The fourth-order valence-electron chi connectivity index (χ4n) is 3.84. The molecule has 0 unspecified atom stereocenters. The van der Waals surface area contributed by atoms with Gasteiger partial charge in [0.2, 0.25) is 0 Å². The van der Waals surface area contributed by atoms with Crippen LogP contribution >= 0.6 is 0 Å². The number of carbonyl (C=O) groups excluding carboxylic acids is 1. The van der Waals surface area contributed by atoms with E-state index < -0.39 is 0 Å². The van der Waals surface area contributed by atoms with Crippen molar-refractivity contribution >= 4 is 28.9 Å². The number of nitrogens with one attached hydrogen (secondary N) is 3. The normalized spacial score (nSPS) is 12.7. The zero-order valence-electron chi connectivity index (χ0n) is 19.5. The first-order valence-corrected chi connectivity index (χ1v) is 10.9. The molecular formula is C24H24N8O3. The third-order valence-corrected chi connectivity index (χ3v) is 5.42. The third kappa shape index (κ3) is 4.62. The molecule has 3 aromatic heterocycles.